The predicted molar refractivity (Wildman–Crippen MR) is 60.4 cm³/mol. The van der Waals surface area contributed by atoms with Crippen LogP contribution in [0.25, 0.3) is 0 Å². The van der Waals surface area contributed by atoms with Crippen molar-refractivity contribution >= 4 is 11.4 Å². The first-order valence-corrected chi connectivity index (χ1v) is 4.78. The molecule has 0 aliphatic carbocycles. The normalized spacial score (nSPS) is 11.2. The van der Waals surface area contributed by atoms with Gasteiger partial charge in [-0.3, -0.25) is 10.1 Å². The molecule has 0 atom stereocenters. The Morgan fingerprint density at radius 2 is 2.12 bits per heavy atom. The number of benzene rings is 1. The van der Waals surface area contributed by atoms with Gasteiger partial charge in [-0.25, -0.2) is 0 Å². The highest BCUT2D eigenvalue weighted by Crippen LogP contribution is 2.12. The summed E-state index contributed by atoms with van der Waals surface area (Å²) in [4.78, 5) is 9.98. The van der Waals surface area contributed by atoms with Crippen molar-refractivity contribution in [2.24, 2.45) is 5.10 Å². The largest absolute Gasteiger partial charge is 0.394 e. The van der Waals surface area contributed by atoms with Crippen LogP contribution in [0.4, 0.5) is 5.69 Å². The lowest BCUT2D eigenvalue weighted by molar-refractivity contribution is -0.384. The second-order valence-electron chi connectivity index (χ2n) is 3.13. The number of nitro groups is 1. The van der Waals surface area contributed by atoms with Gasteiger partial charge in [0, 0.05) is 12.1 Å². The third-order valence-electron chi connectivity index (χ3n) is 1.97. The predicted octanol–water partition coefficient (Wildman–Crippen LogP) is 0.901. The van der Waals surface area contributed by atoms with E-state index in [0.717, 1.165) is 5.56 Å². The standard InChI is InChI=1S/C10H13N3O3/c1-8(12-11-6-7-14)9-2-4-10(5-3-9)13(15)16/h2-5,11,14H,6-7H2,1H3. The molecular formula is C10H13N3O3. The number of hydrogen-bond acceptors (Lipinski definition) is 5. The second-order valence-corrected chi connectivity index (χ2v) is 3.13. The number of nitrogens with zero attached hydrogens (tertiary/aromatic N) is 2. The van der Waals surface area contributed by atoms with Crippen molar-refractivity contribution in [2.75, 3.05) is 13.2 Å². The summed E-state index contributed by atoms with van der Waals surface area (Å²) in [5.41, 5.74) is 4.24. The maximum absolute atomic E-state index is 10.4. The Bertz CT molecular complexity index is 387. The van der Waals surface area contributed by atoms with E-state index in [0.29, 0.717) is 12.3 Å². The number of hydrogen-bond donors (Lipinski definition) is 2. The number of aliphatic hydroxyl groups is 1. The zero-order valence-electron chi connectivity index (χ0n) is 8.88. The smallest absolute Gasteiger partial charge is 0.269 e. The molecule has 0 bridgehead atoms. The highest BCUT2D eigenvalue weighted by atomic mass is 16.6. The lowest BCUT2D eigenvalue weighted by Gasteiger charge is -2.01. The molecule has 0 amide bonds. The van der Waals surface area contributed by atoms with E-state index < -0.39 is 4.92 Å². The fraction of sp³-hybridized carbons (Fsp3) is 0.300. The Hall–Kier alpha value is -1.95. The lowest BCUT2D eigenvalue weighted by atomic mass is 10.1. The van der Waals surface area contributed by atoms with Gasteiger partial charge in [-0.1, -0.05) is 0 Å². The fourth-order valence-electron chi connectivity index (χ4n) is 1.11. The first kappa shape index (κ1) is 12.1. The summed E-state index contributed by atoms with van der Waals surface area (Å²) in [6, 6.07) is 6.13. The van der Waals surface area contributed by atoms with E-state index in [9.17, 15) is 10.1 Å². The molecule has 1 rings (SSSR count). The van der Waals surface area contributed by atoms with Gasteiger partial charge in [0.15, 0.2) is 0 Å². The molecule has 16 heavy (non-hydrogen) atoms. The van der Waals surface area contributed by atoms with Crippen LogP contribution in [-0.2, 0) is 0 Å². The molecule has 2 N–H and O–H groups in total. The molecule has 0 heterocycles. The molecule has 6 nitrogen and oxygen atoms in total. The minimum atomic E-state index is -0.444. The SMILES string of the molecule is CC(=NNCCO)c1ccc([N+](=O)[O-])cc1. The van der Waals surface area contributed by atoms with Crippen molar-refractivity contribution in [1.82, 2.24) is 5.43 Å². The Morgan fingerprint density at radius 1 is 1.50 bits per heavy atom. The Balaban J connectivity index is 2.73. The molecule has 1 aromatic rings. The minimum Gasteiger partial charge on any atom is -0.394 e. The van der Waals surface area contributed by atoms with Gasteiger partial charge in [-0.15, -0.1) is 0 Å². The average Bonchev–Trinajstić information content (AvgIpc) is 2.29. The summed E-state index contributed by atoms with van der Waals surface area (Å²) in [5.74, 6) is 0. The van der Waals surface area contributed by atoms with Crippen LogP contribution in [0.2, 0.25) is 0 Å². The molecule has 0 spiro atoms. The van der Waals surface area contributed by atoms with Crippen LogP contribution in [0.3, 0.4) is 0 Å². The van der Waals surface area contributed by atoms with Crippen molar-refractivity contribution in [3.05, 3.63) is 39.9 Å². The third kappa shape index (κ3) is 3.32. The number of rotatable bonds is 5. The zero-order chi connectivity index (χ0) is 12.0. The third-order valence-corrected chi connectivity index (χ3v) is 1.97. The van der Waals surface area contributed by atoms with Gasteiger partial charge in [0.2, 0.25) is 0 Å². The lowest BCUT2D eigenvalue weighted by Crippen LogP contribution is -2.13. The zero-order valence-corrected chi connectivity index (χ0v) is 8.88. The van der Waals surface area contributed by atoms with Crippen LogP contribution in [0.1, 0.15) is 12.5 Å². The molecule has 1 aromatic carbocycles. The molecule has 0 aliphatic rings. The van der Waals surface area contributed by atoms with E-state index in [1.54, 1.807) is 19.1 Å². The number of hydrazone groups is 1. The topological polar surface area (TPSA) is 87.8 Å². The van der Waals surface area contributed by atoms with E-state index in [4.69, 9.17) is 5.11 Å². The van der Waals surface area contributed by atoms with Gasteiger partial charge in [-0.05, 0) is 24.6 Å². The number of aliphatic hydroxyl groups excluding tert-OH is 1. The van der Waals surface area contributed by atoms with Crippen LogP contribution in [0.15, 0.2) is 29.4 Å². The maximum Gasteiger partial charge on any atom is 0.269 e. The van der Waals surface area contributed by atoms with Crippen LogP contribution in [0.5, 0.6) is 0 Å². The van der Waals surface area contributed by atoms with E-state index in [-0.39, 0.29) is 12.3 Å². The maximum atomic E-state index is 10.4. The highest BCUT2D eigenvalue weighted by molar-refractivity contribution is 5.98. The molecule has 6 heteroatoms. The number of nitrogens with one attached hydrogen (secondary N) is 1. The first-order chi connectivity index (χ1) is 7.65. The summed E-state index contributed by atoms with van der Waals surface area (Å²) >= 11 is 0. The van der Waals surface area contributed by atoms with Crippen molar-refractivity contribution in [1.29, 1.82) is 0 Å². The van der Waals surface area contributed by atoms with Crippen molar-refractivity contribution in [2.45, 2.75) is 6.92 Å². The van der Waals surface area contributed by atoms with Crippen LogP contribution >= 0.6 is 0 Å². The molecule has 86 valence electrons. The number of non-ortho nitro benzene ring substituents is 1. The van der Waals surface area contributed by atoms with Gasteiger partial charge in [-0.2, -0.15) is 5.10 Å². The second kappa shape index (κ2) is 5.82. The Morgan fingerprint density at radius 3 is 2.62 bits per heavy atom. The molecule has 0 unspecified atom stereocenters. The van der Waals surface area contributed by atoms with Gasteiger partial charge < -0.3 is 10.5 Å². The van der Waals surface area contributed by atoms with Gasteiger partial charge in [0.1, 0.15) is 0 Å². The van der Waals surface area contributed by atoms with Gasteiger partial charge >= 0.3 is 0 Å². The van der Waals surface area contributed by atoms with Crippen molar-refractivity contribution < 1.29 is 10.0 Å². The van der Waals surface area contributed by atoms with Crippen LogP contribution in [-0.4, -0.2) is 28.9 Å². The molecule has 0 aliphatic heterocycles. The molecule has 0 saturated carbocycles. The minimum absolute atomic E-state index is 0.0110. The molecule has 0 saturated heterocycles. The van der Waals surface area contributed by atoms with Crippen molar-refractivity contribution in [3.63, 3.8) is 0 Å². The van der Waals surface area contributed by atoms with E-state index in [2.05, 4.69) is 10.5 Å². The van der Waals surface area contributed by atoms with E-state index in [1.807, 2.05) is 0 Å². The average molecular weight is 223 g/mol. The molecule has 0 radical (unpaired) electrons. The summed E-state index contributed by atoms with van der Waals surface area (Å²) in [7, 11) is 0. The number of nitro benzene ring substituents is 1. The van der Waals surface area contributed by atoms with E-state index >= 15 is 0 Å². The molecule has 0 aromatic heterocycles. The van der Waals surface area contributed by atoms with Crippen LogP contribution < -0.4 is 5.43 Å². The highest BCUT2D eigenvalue weighted by Gasteiger charge is 2.04. The van der Waals surface area contributed by atoms with Crippen molar-refractivity contribution in [3.8, 4) is 0 Å². The summed E-state index contributed by atoms with van der Waals surface area (Å²) in [6.07, 6.45) is 0. The molecule has 0 fully saturated rings. The summed E-state index contributed by atoms with van der Waals surface area (Å²) in [5, 5.41) is 23.0. The monoisotopic (exact) mass is 223 g/mol. The van der Waals surface area contributed by atoms with Gasteiger partial charge in [0.05, 0.1) is 23.8 Å². The van der Waals surface area contributed by atoms with Gasteiger partial charge in [0.25, 0.3) is 5.69 Å². The molecular weight excluding hydrogens is 210 g/mol. The quantitative estimate of drug-likeness (QED) is 0.336. The van der Waals surface area contributed by atoms with E-state index in [1.165, 1.54) is 12.1 Å². The Kier molecular flexibility index (Phi) is 4.41. The first-order valence-electron chi connectivity index (χ1n) is 4.78. The summed E-state index contributed by atoms with van der Waals surface area (Å²) in [6.45, 7) is 2.17. The fourth-order valence-corrected chi connectivity index (χ4v) is 1.11. The Labute approximate surface area is 92.8 Å². The van der Waals surface area contributed by atoms with Crippen LogP contribution in [0, 0.1) is 10.1 Å². The summed E-state index contributed by atoms with van der Waals surface area (Å²) < 4.78 is 0.